The van der Waals surface area contributed by atoms with E-state index in [9.17, 15) is 4.79 Å². The van der Waals surface area contributed by atoms with Gasteiger partial charge in [-0.3, -0.25) is 4.79 Å². The highest BCUT2D eigenvalue weighted by Gasteiger charge is 2.29. The molecule has 3 heteroatoms. The third-order valence-corrected chi connectivity index (χ3v) is 6.33. The fourth-order valence-corrected chi connectivity index (χ4v) is 3.64. The van der Waals surface area contributed by atoms with Gasteiger partial charge in [-0.2, -0.15) is 0 Å². The van der Waals surface area contributed by atoms with Crippen molar-refractivity contribution in [3.63, 3.8) is 0 Å². The lowest BCUT2D eigenvalue weighted by molar-refractivity contribution is 0.284. The lowest BCUT2D eigenvalue weighted by Crippen LogP contribution is -2.25. The van der Waals surface area contributed by atoms with E-state index in [1.54, 1.807) is 6.26 Å². The topological polar surface area (TPSA) is 39.4 Å². The molecular formula is C28H28O3. The second-order valence-corrected chi connectivity index (χ2v) is 8.84. The maximum absolute atomic E-state index is 13.4. The molecule has 1 aromatic heterocycles. The van der Waals surface area contributed by atoms with Gasteiger partial charge in [-0.05, 0) is 28.5 Å². The van der Waals surface area contributed by atoms with Crippen LogP contribution in [0.3, 0.4) is 0 Å². The van der Waals surface area contributed by atoms with Crippen LogP contribution in [-0.4, -0.2) is 0 Å². The molecular weight excluding hydrogens is 384 g/mol. The van der Waals surface area contributed by atoms with Crippen molar-refractivity contribution in [3.8, 4) is 16.9 Å². The van der Waals surface area contributed by atoms with Crippen molar-refractivity contribution >= 4 is 11.0 Å². The van der Waals surface area contributed by atoms with Crippen molar-refractivity contribution in [2.45, 2.75) is 39.7 Å². The largest absolute Gasteiger partial charge is 0.488 e. The predicted molar refractivity (Wildman–Crippen MR) is 127 cm³/mol. The second-order valence-electron chi connectivity index (χ2n) is 8.84. The number of hydrogen-bond acceptors (Lipinski definition) is 3. The van der Waals surface area contributed by atoms with E-state index in [4.69, 9.17) is 9.15 Å². The minimum atomic E-state index is -0.185. The molecule has 0 saturated heterocycles. The quantitative estimate of drug-likeness (QED) is 0.343. The Morgan fingerprint density at radius 3 is 2.23 bits per heavy atom. The monoisotopic (exact) mass is 412 g/mol. The average Bonchev–Trinajstić information content (AvgIpc) is 2.78. The van der Waals surface area contributed by atoms with E-state index in [2.05, 4.69) is 27.7 Å². The van der Waals surface area contributed by atoms with Gasteiger partial charge in [0.1, 0.15) is 24.2 Å². The van der Waals surface area contributed by atoms with Crippen LogP contribution in [0.2, 0.25) is 0 Å². The Balaban J connectivity index is 1.85. The summed E-state index contributed by atoms with van der Waals surface area (Å²) in [5.41, 5.74) is 3.86. The molecule has 3 aromatic carbocycles. The molecule has 0 atom stereocenters. The molecule has 0 fully saturated rings. The molecule has 0 spiro atoms. The van der Waals surface area contributed by atoms with E-state index < -0.39 is 0 Å². The van der Waals surface area contributed by atoms with Gasteiger partial charge in [-0.25, -0.2) is 0 Å². The molecule has 1 heterocycles. The number of hydrogen-bond donors (Lipinski definition) is 0. The van der Waals surface area contributed by atoms with Crippen LogP contribution in [-0.2, 0) is 12.0 Å². The van der Waals surface area contributed by atoms with Gasteiger partial charge >= 0.3 is 0 Å². The highest BCUT2D eigenvalue weighted by Crippen LogP contribution is 2.40. The zero-order chi connectivity index (χ0) is 22.0. The number of fused-ring (bicyclic) bond motifs is 1. The van der Waals surface area contributed by atoms with Gasteiger partial charge in [0.05, 0.1) is 10.9 Å². The highest BCUT2D eigenvalue weighted by atomic mass is 16.5. The summed E-state index contributed by atoms with van der Waals surface area (Å²) in [6.45, 7) is 9.22. The Kier molecular flexibility index (Phi) is 5.69. The molecule has 4 rings (SSSR count). The molecule has 158 valence electrons. The molecule has 0 aliphatic carbocycles. The lowest BCUT2D eigenvalue weighted by Gasteiger charge is -2.32. The van der Waals surface area contributed by atoms with E-state index in [0.29, 0.717) is 29.1 Å². The molecule has 0 radical (unpaired) electrons. The minimum Gasteiger partial charge on any atom is -0.488 e. The summed E-state index contributed by atoms with van der Waals surface area (Å²) in [4.78, 5) is 13.4. The van der Waals surface area contributed by atoms with Crippen LogP contribution in [0.25, 0.3) is 22.1 Å². The Labute approximate surface area is 183 Å². The first-order valence-electron chi connectivity index (χ1n) is 10.7. The summed E-state index contributed by atoms with van der Waals surface area (Å²) in [5, 5.41) is 0.581. The smallest absolute Gasteiger partial charge is 0.200 e. The summed E-state index contributed by atoms with van der Waals surface area (Å²) < 4.78 is 12.2. The minimum absolute atomic E-state index is 0.0251. The van der Waals surface area contributed by atoms with Crippen molar-refractivity contribution in [2.24, 2.45) is 5.92 Å². The molecule has 3 nitrogen and oxygen atoms in total. The Bertz CT molecular complexity index is 1240. The maximum Gasteiger partial charge on any atom is 0.200 e. The Morgan fingerprint density at radius 1 is 0.935 bits per heavy atom. The average molecular weight is 413 g/mol. The van der Waals surface area contributed by atoms with Crippen LogP contribution in [0.15, 0.2) is 88.3 Å². The zero-order valence-corrected chi connectivity index (χ0v) is 18.5. The van der Waals surface area contributed by atoms with E-state index in [-0.39, 0.29) is 10.8 Å². The summed E-state index contributed by atoms with van der Waals surface area (Å²) in [6.07, 6.45) is 1.55. The van der Waals surface area contributed by atoms with E-state index in [0.717, 1.165) is 22.4 Å². The lowest BCUT2D eigenvalue weighted by atomic mass is 9.74. The summed E-state index contributed by atoms with van der Waals surface area (Å²) in [7, 11) is 0. The van der Waals surface area contributed by atoms with Gasteiger partial charge in [0.2, 0.25) is 5.43 Å². The van der Waals surface area contributed by atoms with Gasteiger partial charge in [0, 0.05) is 11.6 Å². The normalized spacial score (nSPS) is 11.8. The van der Waals surface area contributed by atoms with Crippen molar-refractivity contribution in [1.29, 1.82) is 0 Å². The first-order chi connectivity index (χ1) is 14.9. The van der Waals surface area contributed by atoms with Crippen LogP contribution < -0.4 is 10.2 Å². The molecule has 0 N–H and O–H groups in total. The Morgan fingerprint density at radius 2 is 1.58 bits per heavy atom. The van der Waals surface area contributed by atoms with Crippen LogP contribution >= 0.6 is 0 Å². The first-order valence-corrected chi connectivity index (χ1v) is 10.7. The summed E-state index contributed by atoms with van der Waals surface area (Å²) in [5.74, 6) is 1.11. The SMILES string of the molecule is CC(C)C(C)(C)c1cc2c(=O)c(-c3ccccc3)coc2cc1OCc1ccccc1. The van der Waals surface area contributed by atoms with Crippen molar-refractivity contribution in [3.05, 3.63) is 100 Å². The third kappa shape index (κ3) is 4.13. The number of benzene rings is 3. The van der Waals surface area contributed by atoms with Gasteiger partial charge < -0.3 is 9.15 Å². The molecule has 0 amide bonds. The molecule has 4 aromatic rings. The molecule has 0 bridgehead atoms. The summed E-state index contributed by atoms with van der Waals surface area (Å²) >= 11 is 0. The maximum atomic E-state index is 13.4. The standard InChI is InChI=1S/C28H28O3/c1-19(2)28(3,4)24-15-22-25(16-26(24)30-17-20-11-7-5-8-12-20)31-18-23(27(22)29)21-13-9-6-10-14-21/h5-16,18-19H,17H2,1-4H3. The van der Waals surface area contributed by atoms with Crippen LogP contribution in [0.4, 0.5) is 0 Å². The van der Waals surface area contributed by atoms with Crippen LogP contribution in [0.1, 0.15) is 38.8 Å². The summed E-state index contributed by atoms with van der Waals surface area (Å²) in [6, 6.07) is 23.5. The molecule has 0 aliphatic rings. The van der Waals surface area contributed by atoms with Gasteiger partial charge in [-0.1, -0.05) is 88.4 Å². The van der Waals surface area contributed by atoms with E-state index in [1.165, 1.54) is 0 Å². The van der Waals surface area contributed by atoms with Crippen molar-refractivity contribution in [1.82, 2.24) is 0 Å². The van der Waals surface area contributed by atoms with Gasteiger partial charge in [0.15, 0.2) is 0 Å². The number of ether oxygens (including phenoxy) is 1. The fraction of sp³-hybridized carbons (Fsp3) is 0.250. The molecule has 0 saturated carbocycles. The molecule has 0 aliphatic heterocycles. The van der Waals surface area contributed by atoms with E-state index >= 15 is 0 Å². The fourth-order valence-electron chi connectivity index (χ4n) is 3.64. The zero-order valence-electron chi connectivity index (χ0n) is 18.5. The predicted octanol–water partition coefficient (Wildman–Crippen LogP) is 6.97. The third-order valence-electron chi connectivity index (χ3n) is 6.33. The van der Waals surface area contributed by atoms with Crippen LogP contribution in [0, 0.1) is 5.92 Å². The van der Waals surface area contributed by atoms with Crippen molar-refractivity contribution in [2.75, 3.05) is 0 Å². The van der Waals surface area contributed by atoms with Gasteiger partial charge in [0.25, 0.3) is 0 Å². The molecule has 31 heavy (non-hydrogen) atoms. The van der Waals surface area contributed by atoms with Gasteiger partial charge in [-0.15, -0.1) is 0 Å². The highest BCUT2D eigenvalue weighted by molar-refractivity contribution is 5.84. The number of rotatable bonds is 6. The molecule has 0 unspecified atom stereocenters. The first kappa shape index (κ1) is 20.9. The second kappa shape index (κ2) is 8.43. The van der Waals surface area contributed by atoms with Crippen molar-refractivity contribution < 1.29 is 9.15 Å². The Hall–Kier alpha value is -3.33. The van der Waals surface area contributed by atoms with Crippen LogP contribution in [0.5, 0.6) is 5.75 Å². The van der Waals surface area contributed by atoms with E-state index in [1.807, 2.05) is 72.8 Å².